The zero-order valence-electron chi connectivity index (χ0n) is 19.9. The third-order valence-electron chi connectivity index (χ3n) is 6.37. The van der Waals surface area contributed by atoms with Crippen molar-refractivity contribution in [2.45, 2.75) is 32.9 Å². The maximum atomic E-state index is 11.5. The largest absolute Gasteiger partial charge is 0.351 e. The number of carbonyl (C=O) groups is 1. The molecule has 2 N–H and O–H groups in total. The summed E-state index contributed by atoms with van der Waals surface area (Å²) < 4.78 is 2.28. The monoisotopic (exact) mass is 481 g/mol. The maximum absolute atomic E-state index is 11.5. The van der Waals surface area contributed by atoms with Gasteiger partial charge in [0.25, 0.3) is 0 Å². The first-order chi connectivity index (χ1) is 16.9. The van der Waals surface area contributed by atoms with E-state index in [0.29, 0.717) is 5.11 Å². The van der Waals surface area contributed by atoms with Crippen LogP contribution in [0, 0.1) is 13.8 Å². The van der Waals surface area contributed by atoms with Gasteiger partial charge in [-0.05, 0) is 86.2 Å². The number of benzene rings is 2. The summed E-state index contributed by atoms with van der Waals surface area (Å²) in [6.45, 7) is 5.79. The molecule has 0 aliphatic carbocycles. The predicted octanol–water partition coefficient (Wildman–Crippen LogP) is 5.62. The van der Waals surface area contributed by atoms with Crippen LogP contribution in [0.5, 0.6) is 0 Å². The van der Waals surface area contributed by atoms with Crippen molar-refractivity contribution in [2.75, 3.05) is 10.2 Å². The normalized spacial score (nSPS) is 17.3. The Labute approximate surface area is 210 Å². The molecule has 0 spiro atoms. The Balaban J connectivity index is 1.63. The molecule has 0 bridgehead atoms. The number of para-hydroxylation sites is 1. The maximum Gasteiger partial charge on any atom is 0.221 e. The highest BCUT2D eigenvalue weighted by molar-refractivity contribution is 7.80. The molecule has 1 aliphatic rings. The molecule has 2 aromatic carbocycles. The summed E-state index contributed by atoms with van der Waals surface area (Å²) in [6.07, 6.45) is 1.81. The van der Waals surface area contributed by atoms with Gasteiger partial charge in [-0.25, -0.2) is 0 Å². The molecule has 7 heteroatoms. The van der Waals surface area contributed by atoms with Gasteiger partial charge in [0.1, 0.15) is 0 Å². The lowest BCUT2D eigenvalue weighted by Crippen LogP contribution is -2.29. The molecule has 1 amide bonds. The number of rotatable bonds is 5. The topological polar surface area (TPSA) is 62.2 Å². The van der Waals surface area contributed by atoms with Gasteiger partial charge >= 0.3 is 0 Å². The van der Waals surface area contributed by atoms with Gasteiger partial charge in [0, 0.05) is 41.6 Å². The van der Waals surface area contributed by atoms with Gasteiger partial charge in [0.05, 0.1) is 17.8 Å². The van der Waals surface area contributed by atoms with E-state index in [-0.39, 0.29) is 18.0 Å². The Hall–Kier alpha value is -3.97. The minimum Gasteiger partial charge on any atom is -0.351 e. The molecule has 1 aliphatic heterocycles. The van der Waals surface area contributed by atoms with Crippen LogP contribution < -0.4 is 15.5 Å². The van der Waals surface area contributed by atoms with Gasteiger partial charge in [-0.1, -0.05) is 24.3 Å². The van der Waals surface area contributed by atoms with Gasteiger partial charge in [-0.15, -0.1) is 0 Å². The van der Waals surface area contributed by atoms with Crippen molar-refractivity contribution in [3.63, 3.8) is 0 Å². The van der Waals surface area contributed by atoms with Crippen LogP contribution in [0.15, 0.2) is 85.1 Å². The highest BCUT2D eigenvalue weighted by Gasteiger charge is 2.42. The number of hydrogen-bond donors (Lipinski definition) is 2. The lowest BCUT2D eigenvalue weighted by atomic mass is 9.96. The fourth-order valence-electron chi connectivity index (χ4n) is 4.92. The van der Waals surface area contributed by atoms with Crippen molar-refractivity contribution in [2.24, 2.45) is 0 Å². The molecule has 0 radical (unpaired) electrons. The molecule has 4 aromatic rings. The number of aromatic nitrogens is 2. The quantitative estimate of drug-likeness (QED) is 0.362. The minimum absolute atomic E-state index is 0.0995. The van der Waals surface area contributed by atoms with Crippen LogP contribution in [0.4, 0.5) is 11.4 Å². The first-order valence-corrected chi connectivity index (χ1v) is 12.0. The molecule has 6 nitrogen and oxygen atoms in total. The third kappa shape index (κ3) is 4.31. The molecular formula is C28H27N5OS. The van der Waals surface area contributed by atoms with Gasteiger partial charge in [-0.2, -0.15) is 0 Å². The number of nitrogens with zero attached hydrogens (tertiary/aromatic N) is 3. The average molecular weight is 482 g/mol. The van der Waals surface area contributed by atoms with Crippen LogP contribution >= 0.6 is 12.2 Å². The van der Waals surface area contributed by atoms with E-state index >= 15 is 0 Å². The van der Waals surface area contributed by atoms with Crippen molar-refractivity contribution in [3.05, 3.63) is 108 Å². The summed E-state index contributed by atoms with van der Waals surface area (Å²) in [6, 6.07) is 26.1. The van der Waals surface area contributed by atoms with Crippen LogP contribution in [0.2, 0.25) is 0 Å². The number of hydrogen-bond acceptors (Lipinski definition) is 3. The molecule has 3 heterocycles. The van der Waals surface area contributed by atoms with Crippen LogP contribution in [0.3, 0.4) is 0 Å². The lowest BCUT2D eigenvalue weighted by Gasteiger charge is -2.28. The molecule has 0 saturated carbocycles. The molecule has 2 atom stereocenters. The SMILES string of the molecule is CC(=O)Nc1ccc(N2C(=S)N[C@@H](c3ccccn3)[C@@H]2c2cc(C)n(-c3ccccc3)c2C)cc1. The van der Waals surface area contributed by atoms with E-state index in [1.165, 1.54) is 12.5 Å². The number of carbonyl (C=O) groups excluding carboxylic acids is 1. The summed E-state index contributed by atoms with van der Waals surface area (Å²) in [5.74, 6) is -0.0995. The van der Waals surface area contributed by atoms with E-state index in [2.05, 4.69) is 69.3 Å². The number of aryl methyl sites for hydroxylation is 1. The predicted molar refractivity (Wildman–Crippen MR) is 144 cm³/mol. The van der Waals surface area contributed by atoms with Gasteiger partial charge in [0.2, 0.25) is 5.91 Å². The van der Waals surface area contributed by atoms with Crippen molar-refractivity contribution in [1.82, 2.24) is 14.9 Å². The third-order valence-corrected chi connectivity index (χ3v) is 6.68. The molecule has 1 fully saturated rings. The van der Waals surface area contributed by atoms with Gasteiger partial charge in [-0.3, -0.25) is 9.78 Å². The second kappa shape index (κ2) is 9.35. The number of anilines is 2. The Morgan fingerprint density at radius 1 is 0.971 bits per heavy atom. The van der Waals surface area contributed by atoms with Crippen LogP contribution in [-0.2, 0) is 4.79 Å². The molecular weight excluding hydrogens is 454 g/mol. The highest BCUT2D eigenvalue weighted by Crippen LogP contribution is 2.43. The van der Waals surface area contributed by atoms with Crippen LogP contribution in [-0.4, -0.2) is 20.6 Å². The van der Waals surface area contributed by atoms with Crippen LogP contribution in [0.25, 0.3) is 5.69 Å². The summed E-state index contributed by atoms with van der Waals surface area (Å²) in [5.41, 5.74) is 7.25. The summed E-state index contributed by atoms with van der Waals surface area (Å²) in [4.78, 5) is 18.3. The standard InChI is InChI=1S/C28H27N5OS/c1-18-17-24(19(2)32(18)22-9-5-4-6-10-22)27-26(25-11-7-8-16-29-25)31-28(35)33(27)23-14-12-21(13-15-23)30-20(3)34/h4-17,26-27H,1-3H3,(H,30,34)(H,31,35)/t26-,27-/m0/s1. The molecule has 35 heavy (non-hydrogen) atoms. The summed E-state index contributed by atoms with van der Waals surface area (Å²) >= 11 is 5.87. The van der Waals surface area contributed by atoms with E-state index < -0.39 is 0 Å². The molecule has 176 valence electrons. The Morgan fingerprint density at radius 3 is 2.34 bits per heavy atom. The van der Waals surface area contributed by atoms with Crippen molar-refractivity contribution >= 4 is 34.6 Å². The molecule has 1 saturated heterocycles. The van der Waals surface area contributed by atoms with Crippen molar-refractivity contribution in [1.29, 1.82) is 0 Å². The summed E-state index contributed by atoms with van der Waals surface area (Å²) in [5, 5.41) is 7.00. The first kappa shape index (κ1) is 22.8. The summed E-state index contributed by atoms with van der Waals surface area (Å²) in [7, 11) is 0. The first-order valence-electron chi connectivity index (χ1n) is 11.6. The zero-order chi connectivity index (χ0) is 24.5. The lowest BCUT2D eigenvalue weighted by molar-refractivity contribution is -0.114. The second-order valence-corrected chi connectivity index (χ2v) is 9.11. The van der Waals surface area contributed by atoms with Gasteiger partial charge in [0.15, 0.2) is 5.11 Å². The number of thiocarbonyl (C=S) groups is 1. The number of pyridine rings is 1. The van der Waals surface area contributed by atoms with E-state index in [0.717, 1.165) is 34.1 Å². The highest BCUT2D eigenvalue weighted by atomic mass is 32.1. The average Bonchev–Trinajstić information content (AvgIpc) is 3.35. The Morgan fingerprint density at radius 2 is 1.69 bits per heavy atom. The number of amides is 1. The van der Waals surface area contributed by atoms with Crippen molar-refractivity contribution < 1.29 is 4.79 Å². The Kier molecular flexibility index (Phi) is 6.09. The van der Waals surface area contributed by atoms with Crippen LogP contribution in [0.1, 0.15) is 41.7 Å². The smallest absolute Gasteiger partial charge is 0.221 e. The molecule has 5 rings (SSSR count). The molecule has 0 unspecified atom stereocenters. The van der Waals surface area contributed by atoms with E-state index in [9.17, 15) is 4.79 Å². The van der Waals surface area contributed by atoms with E-state index in [1.807, 2.05) is 54.7 Å². The Bertz CT molecular complexity index is 1370. The number of nitrogens with one attached hydrogen (secondary N) is 2. The fraction of sp³-hybridized carbons (Fsp3) is 0.179. The van der Waals surface area contributed by atoms with E-state index in [4.69, 9.17) is 12.2 Å². The fourth-order valence-corrected chi connectivity index (χ4v) is 5.27. The zero-order valence-corrected chi connectivity index (χ0v) is 20.7. The van der Waals surface area contributed by atoms with E-state index in [1.54, 1.807) is 0 Å². The molecule has 2 aromatic heterocycles. The second-order valence-electron chi connectivity index (χ2n) is 8.72. The van der Waals surface area contributed by atoms with Crippen molar-refractivity contribution in [3.8, 4) is 5.69 Å². The van der Waals surface area contributed by atoms with Gasteiger partial charge < -0.3 is 20.1 Å². The minimum atomic E-state index is -0.122.